The van der Waals surface area contributed by atoms with E-state index in [9.17, 15) is 0 Å². The number of hydrogen-bond donors (Lipinski definition) is 4. The van der Waals surface area contributed by atoms with Crippen molar-refractivity contribution in [3.8, 4) is 0 Å². The first-order valence-corrected chi connectivity index (χ1v) is 3.82. The molecule has 12 heavy (non-hydrogen) atoms. The maximum atomic E-state index is 8.20. The van der Waals surface area contributed by atoms with Crippen LogP contribution in [-0.4, -0.2) is 53.4 Å². The molecule has 0 aromatic rings. The van der Waals surface area contributed by atoms with Crippen LogP contribution in [0.2, 0.25) is 0 Å². The summed E-state index contributed by atoms with van der Waals surface area (Å²) in [6.07, 6.45) is 0.160. The zero-order chi connectivity index (χ0) is 10.2. The Balaban J connectivity index is 0. The summed E-state index contributed by atoms with van der Waals surface area (Å²) in [7, 11) is 3.85. The first-order valence-electron chi connectivity index (χ1n) is 3.82. The van der Waals surface area contributed by atoms with E-state index >= 15 is 0 Å². The molecule has 0 saturated carbocycles. The highest BCUT2D eigenvalue weighted by Crippen LogP contribution is 1.90. The third-order valence-corrected chi connectivity index (χ3v) is 1.07. The Morgan fingerprint density at radius 3 is 1.67 bits per heavy atom. The Morgan fingerprint density at radius 1 is 1.33 bits per heavy atom. The largest absolute Gasteiger partial charge is 0.395 e. The molecule has 0 unspecified atom stereocenters. The fourth-order valence-corrected chi connectivity index (χ4v) is 0.200. The van der Waals surface area contributed by atoms with Crippen LogP contribution in [0.25, 0.3) is 0 Å². The quantitative estimate of drug-likeness (QED) is 0.398. The number of likely N-dealkylation sites (N-methyl/N-ethyl adjacent to an activating group) is 1. The average molecular weight is 180 g/mol. The third kappa shape index (κ3) is 22.6. The van der Waals surface area contributed by atoms with Crippen molar-refractivity contribution in [2.45, 2.75) is 19.3 Å². The van der Waals surface area contributed by atoms with Crippen LogP contribution >= 0.6 is 0 Å². The Kier molecular flexibility index (Phi) is 8.90. The summed E-state index contributed by atoms with van der Waals surface area (Å²) in [5, 5.41) is 24.5. The van der Waals surface area contributed by atoms with E-state index in [1.165, 1.54) is 0 Å². The molecule has 0 aromatic carbocycles. The highest BCUT2D eigenvalue weighted by molar-refractivity contribution is 4.45. The highest BCUT2D eigenvalue weighted by Gasteiger charge is 2.09. The second-order valence-electron chi connectivity index (χ2n) is 2.76. The van der Waals surface area contributed by atoms with Gasteiger partial charge in [0.2, 0.25) is 5.91 Å². The van der Waals surface area contributed by atoms with Crippen LogP contribution in [0.15, 0.2) is 0 Å². The Morgan fingerprint density at radius 2 is 1.67 bits per heavy atom. The topological polar surface area (TPSA) is 90.0 Å². The van der Waals surface area contributed by atoms with E-state index in [0.29, 0.717) is 0 Å². The van der Waals surface area contributed by atoms with Crippen LogP contribution in [0.3, 0.4) is 0 Å². The molecule has 0 saturated heterocycles. The number of hydrogen-bond acceptors (Lipinski definition) is 5. The first-order chi connectivity index (χ1) is 5.33. The second-order valence-corrected chi connectivity index (χ2v) is 2.76. The van der Waals surface area contributed by atoms with Gasteiger partial charge in [0.25, 0.3) is 0 Å². The maximum absolute atomic E-state index is 8.20. The van der Waals surface area contributed by atoms with Gasteiger partial charge in [-0.1, -0.05) is 6.92 Å². The van der Waals surface area contributed by atoms with Gasteiger partial charge in [-0.3, -0.25) is 5.73 Å². The predicted molar refractivity (Wildman–Crippen MR) is 47.3 cm³/mol. The molecule has 0 amide bonds. The van der Waals surface area contributed by atoms with Crippen LogP contribution in [0.5, 0.6) is 0 Å². The van der Waals surface area contributed by atoms with E-state index in [4.69, 9.17) is 15.3 Å². The van der Waals surface area contributed by atoms with Gasteiger partial charge in [0.05, 0.1) is 6.61 Å². The molecule has 0 radical (unpaired) electrons. The standard InChI is InChI=1S/C4H11NO.C3H9NO2/c1-5(2)3-4-6;1-2-3(4,5)6/h6H,3-4H2,1-2H3;5-6H,2,4H2,1H3. The van der Waals surface area contributed by atoms with Gasteiger partial charge in [-0.15, -0.1) is 0 Å². The zero-order valence-electron chi connectivity index (χ0n) is 7.99. The third-order valence-electron chi connectivity index (χ3n) is 1.07. The summed E-state index contributed by atoms with van der Waals surface area (Å²) >= 11 is 0. The lowest BCUT2D eigenvalue weighted by molar-refractivity contribution is -0.156. The smallest absolute Gasteiger partial charge is 0.219 e. The minimum absolute atomic E-state index is 0.160. The number of rotatable bonds is 3. The molecule has 0 aromatic heterocycles. The van der Waals surface area contributed by atoms with Crippen molar-refractivity contribution in [1.82, 2.24) is 4.90 Å². The van der Waals surface area contributed by atoms with Crippen LogP contribution in [-0.2, 0) is 0 Å². The van der Waals surface area contributed by atoms with E-state index in [-0.39, 0.29) is 13.0 Å². The van der Waals surface area contributed by atoms with Crippen LogP contribution in [0.4, 0.5) is 0 Å². The van der Waals surface area contributed by atoms with Crippen LogP contribution in [0.1, 0.15) is 13.3 Å². The fraction of sp³-hybridized carbons (Fsp3) is 1.00. The molecule has 5 N–H and O–H groups in total. The Bertz CT molecular complexity index is 91.1. The van der Waals surface area contributed by atoms with Crippen molar-refractivity contribution in [3.63, 3.8) is 0 Å². The number of nitrogens with zero attached hydrogens (tertiary/aromatic N) is 1. The molecule has 0 fully saturated rings. The SMILES string of the molecule is CCC(N)(O)O.CN(C)CCO. The zero-order valence-corrected chi connectivity index (χ0v) is 7.99. The van der Waals surface area contributed by atoms with Crippen molar-refractivity contribution in [2.75, 3.05) is 27.2 Å². The van der Waals surface area contributed by atoms with Crippen molar-refractivity contribution in [3.05, 3.63) is 0 Å². The molecular formula is C7H20N2O3. The Labute approximate surface area is 73.4 Å². The van der Waals surface area contributed by atoms with Gasteiger partial charge in [-0.25, -0.2) is 0 Å². The molecule has 0 aliphatic rings. The molecule has 0 bridgehead atoms. The number of aliphatic hydroxyl groups excluding tert-OH is 1. The molecule has 5 nitrogen and oxygen atoms in total. The second kappa shape index (κ2) is 7.45. The summed E-state index contributed by atoms with van der Waals surface area (Å²) in [6, 6.07) is 0. The molecule has 5 heteroatoms. The van der Waals surface area contributed by atoms with Crippen molar-refractivity contribution in [2.24, 2.45) is 5.73 Å². The summed E-state index contributed by atoms with van der Waals surface area (Å²) in [6.45, 7) is 2.60. The molecule has 76 valence electrons. The van der Waals surface area contributed by atoms with Crippen molar-refractivity contribution >= 4 is 0 Å². The fourth-order valence-electron chi connectivity index (χ4n) is 0.200. The minimum atomic E-state index is -1.96. The molecule has 0 rings (SSSR count). The lowest BCUT2D eigenvalue weighted by atomic mass is 10.4. The van der Waals surface area contributed by atoms with Gasteiger partial charge in [-0.2, -0.15) is 0 Å². The lowest BCUT2D eigenvalue weighted by Crippen LogP contribution is -2.37. The Hall–Kier alpha value is -0.200. The van der Waals surface area contributed by atoms with Gasteiger partial charge < -0.3 is 20.2 Å². The van der Waals surface area contributed by atoms with Crippen LogP contribution in [0, 0.1) is 0 Å². The summed E-state index contributed by atoms with van der Waals surface area (Å²) in [4.78, 5) is 1.93. The maximum Gasteiger partial charge on any atom is 0.219 e. The first kappa shape index (κ1) is 14.3. The van der Waals surface area contributed by atoms with Crippen molar-refractivity contribution < 1.29 is 15.3 Å². The summed E-state index contributed by atoms with van der Waals surface area (Å²) in [5.41, 5.74) is 4.65. The van der Waals surface area contributed by atoms with E-state index < -0.39 is 5.91 Å². The predicted octanol–water partition coefficient (Wildman–Crippen LogP) is -1.47. The molecule has 0 spiro atoms. The van der Waals surface area contributed by atoms with Crippen molar-refractivity contribution in [1.29, 1.82) is 0 Å². The van der Waals surface area contributed by atoms with Crippen LogP contribution < -0.4 is 5.73 Å². The average Bonchev–Trinajstić information content (AvgIpc) is 1.87. The molecule has 0 heterocycles. The van der Waals surface area contributed by atoms with Gasteiger partial charge in [0.1, 0.15) is 0 Å². The monoisotopic (exact) mass is 180 g/mol. The summed E-state index contributed by atoms with van der Waals surface area (Å²) < 4.78 is 0. The van der Waals surface area contributed by atoms with E-state index in [1.54, 1.807) is 6.92 Å². The normalized spacial score (nSPS) is 11.0. The van der Waals surface area contributed by atoms with Gasteiger partial charge in [0.15, 0.2) is 0 Å². The summed E-state index contributed by atoms with van der Waals surface area (Å²) in [5.74, 6) is -1.96. The molecule has 0 aliphatic carbocycles. The number of nitrogens with two attached hydrogens (primary N) is 1. The van der Waals surface area contributed by atoms with E-state index in [2.05, 4.69) is 5.73 Å². The molecular weight excluding hydrogens is 160 g/mol. The van der Waals surface area contributed by atoms with Gasteiger partial charge in [0, 0.05) is 13.0 Å². The molecule has 0 aliphatic heterocycles. The van der Waals surface area contributed by atoms with Gasteiger partial charge in [-0.05, 0) is 14.1 Å². The van der Waals surface area contributed by atoms with E-state index in [0.717, 1.165) is 6.54 Å². The minimum Gasteiger partial charge on any atom is -0.395 e. The lowest BCUT2D eigenvalue weighted by Gasteiger charge is -2.10. The molecule has 0 atom stereocenters. The van der Waals surface area contributed by atoms with E-state index in [1.807, 2.05) is 19.0 Å². The highest BCUT2D eigenvalue weighted by atomic mass is 16.5. The van der Waals surface area contributed by atoms with Gasteiger partial charge >= 0.3 is 0 Å². The number of aliphatic hydroxyl groups is 3.